The summed E-state index contributed by atoms with van der Waals surface area (Å²) in [4.78, 5) is 6.84. The predicted octanol–water partition coefficient (Wildman–Crippen LogP) is 1.84. The normalized spacial score (nSPS) is 33.6. The fourth-order valence-corrected chi connectivity index (χ4v) is 3.25. The molecule has 3 heteroatoms. The summed E-state index contributed by atoms with van der Waals surface area (Å²) < 4.78 is 0. The third kappa shape index (κ3) is 1.98. The first-order chi connectivity index (χ1) is 8.17. The topological polar surface area (TPSA) is 36.4 Å². The number of pyridine rings is 1. The van der Waals surface area contributed by atoms with E-state index in [-0.39, 0.29) is 0 Å². The third-order valence-corrected chi connectivity index (χ3v) is 4.33. The van der Waals surface area contributed by atoms with Crippen LogP contribution in [0.1, 0.15) is 36.9 Å². The molecule has 17 heavy (non-hydrogen) atoms. The Morgan fingerprint density at radius 2 is 2.29 bits per heavy atom. The van der Waals surface area contributed by atoms with E-state index in [9.17, 15) is 5.11 Å². The molecule has 2 saturated heterocycles. The van der Waals surface area contributed by atoms with Gasteiger partial charge in [0, 0.05) is 30.0 Å². The molecular formula is C14H20N2O. The lowest BCUT2D eigenvalue weighted by Crippen LogP contribution is -2.46. The van der Waals surface area contributed by atoms with E-state index in [1.807, 2.05) is 25.3 Å². The summed E-state index contributed by atoms with van der Waals surface area (Å²) in [5.74, 6) is 0. The minimum atomic E-state index is -0.647. The summed E-state index contributed by atoms with van der Waals surface area (Å²) in [5.41, 5.74) is 1.36. The highest BCUT2D eigenvalue weighted by atomic mass is 16.3. The number of aryl methyl sites for hydroxylation is 1. The first kappa shape index (κ1) is 11.2. The molecule has 2 atom stereocenters. The second-order valence-electron chi connectivity index (χ2n) is 5.51. The van der Waals surface area contributed by atoms with Gasteiger partial charge in [0.05, 0.1) is 5.60 Å². The van der Waals surface area contributed by atoms with Gasteiger partial charge in [-0.15, -0.1) is 0 Å². The predicted molar refractivity (Wildman–Crippen MR) is 66.7 cm³/mol. The number of hydrogen-bond acceptors (Lipinski definition) is 3. The third-order valence-electron chi connectivity index (χ3n) is 4.33. The lowest BCUT2D eigenvalue weighted by Gasteiger charge is -2.41. The van der Waals surface area contributed by atoms with Gasteiger partial charge in [-0.25, -0.2) is 0 Å². The average molecular weight is 232 g/mol. The summed E-state index contributed by atoms with van der Waals surface area (Å²) in [6.07, 6.45) is 6.08. The summed E-state index contributed by atoms with van der Waals surface area (Å²) in [6, 6.07) is 4.61. The van der Waals surface area contributed by atoms with E-state index in [2.05, 4.69) is 9.88 Å². The number of hydrogen-bond donors (Lipinski definition) is 1. The van der Waals surface area contributed by atoms with Gasteiger partial charge in [-0.1, -0.05) is 6.07 Å². The molecule has 3 nitrogen and oxygen atoms in total. The summed E-state index contributed by atoms with van der Waals surface area (Å²) in [5, 5.41) is 10.8. The molecule has 0 spiro atoms. The zero-order valence-electron chi connectivity index (χ0n) is 10.4. The molecule has 0 amide bonds. The zero-order valence-corrected chi connectivity index (χ0v) is 10.4. The lowest BCUT2D eigenvalue weighted by atomic mass is 9.81. The Bertz CT molecular complexity index is 403. The highest BCUT2D eigenvalue weighted by molar-refractivity contribution is 5.22. The number of rotatable bonds is 1. The summed E-state index contributed by atoms with van der Waals surface area (Å²) in [6.45, 7) is 4.22. The maximum Gasteiger partial charge on any atom is 0.0938 e. The number of aliphatic hydroxyl groups is 1. The van der Waals surface area contributed by atoms with Crippen molar-refractivity contribution in [2.45, 2.75) is 44.2 Å². The van der Waals surface area contributed by atoms with Gasteiger partial charge < -0.3 is 10.0 Å². The highest BCUT2D eigenvalue weighted by Gasteiger charge is 2.41. The maximum atomic E-state index is 10.8. The van der Waals surface area contributed by atoms with Crippen LogP contribution in [0.4, 0.5) is 0 Å². The van der Waals surface area contributed by atoms with Crippen LogP contribution in [0.15, 0.2) is 18.3 Å². The van der Waals surface area contributed by atoms with E-state index in [4.69, 9.17) is 0 Å². The Labute approximate surface area is 102 Å². The molecule has 3 rings (SSSR count). The summed E-state index contributed by atoms with van der Waals surface area (Å²) in [7, 11) is 0. The van der Waals surface area contributed by atoms with E-state index in [0.717, 1.165) is 30.6 Å². The quantitative estimate of drug-likeness (QED) is 0.802. The Morgan fingerprint density at radius 1 is 1.41 bits per heavy atom. The fourth-order valence-electron chi connectivity index (χ4n) is 3.25. The van der Waals surface area contributed by atoms with Gasteiger partial charge in [-0.05, 0) is 45.2 Å². The molecule has 1 N–H and O–H groups in total. The Morgan fingerprint density at radius 3 is 3.06 bits per heavy atom. The molecule has 0 aliphatic carbocycles. The average Bonchev–Trinajstić information content (AvgIpc) is 2.76. The molecule has 0 bridgehead atoms. The largest absolute Gasteiger partial charge is 0.385 e. The molecule has 1 aromatic heterocycles. The highest BCUT2D eigenvalue weighted by Crippen LogP contribution is 2.39. The molecule has 2 aliphatic rings. The van der Waals surface area contributed by atoms with Crippen molar-refractivity contribution < 1.29 is 5.11 Å². The van der Waals surface area contributed by atoms with Crippen molar-refractivity contribution in [3.05, 3.63) is 29.6 Å². The van der Waals surface area contributed by atoms with Gasteiger partial charge in [0.25, 0.3) is 0 Å². The van der Waals surface area contributed by atoms with E-state index >= 15 is 0 Å². The molecule has 1 aromatic rings. The van der Waals surface area contributed by atoms with Crippen LogP contribution in [0.5, 0.6) is 0 Å². The second-order valence-corrected chi connectivity index (χ2v) is 5.51. The van der Waals surface area contributed by atoms with Gasteiger partial charge in [0.1, 0.15) is 0 Å². The number of fused-ring (bicyclic) bond motifs is 1. The summed E-state index contributed by atoms with van der Waals surface area (Å²) >= 11 is 0. The van der Waals surface area contributed by atoms with Crippen molar-refractivity contribution in [3.63, 3.8) is 0 Å². The number of piperidine rings is 1. The molecule has 3 heterocycles. The first-order valence-corrected chi connectivity index (χ1v) is 6.57. The molecule has 0 radical (unpaired) electrons. The van der Waals surface area contributed by atoms with Crippen LogP contribution in [0.25, 0.3) is 0 Å². The molecule has 0 aromatic carbocycles. The van der Waals surface area contributed by atoms with Crippen molar-refractivity contribution in [2.24, 2.45) is 0 Å². The minimum Gasteiger partial charge on any atom is -0.385 e. The van der Waals surface area contributed by atoms with Crippen LogP contribution in [0, 0.1) is 6.92 Å². The number of aromatic nitrogens is 1. The lowest BCUT2D eigenvalue weighted by molar-refractivity contribution is -0.0411. The van der Waals surface area contributed by atoms with E-state index in [1.165, 1.54) is 19.4 Å². The van der Waals surface area contributed by atoms with Crippen LogP contribution in [0.2, 0.25) is 0 Å². The van der Waals surface area contributed by atoms with Crippen molar-refractivity contribution >= 4 is 0 Å². The van der Waals surface area contributed by atoms with Crippen molar-refractivity contribution in [2.75, 3.05) is 13.1 Å². The van der Waals surface area contributed by atoms with E-state index in [1.54, 1.807) is 0 Å². The van der Waals surface area contributed by atoms with E-state index < -0.39 is 5.60 Å². The smallest absolute Gasteiger partial charge is 0.0938 e. The maximum absolute atomic E-state index is 10.8. The fraction of sp³-hybridized carbons (Fsp3) is 0.643. The molecule has 92 valence electrons. The van der Waals surface area contributed by atoms with Crippen molar-refractivity contribution in [1.82, 2.24) is 9.88 Å². The molecule has 0 saturated carbocycles. The van der Waals surface area contributed by atoms with Crippen molar-refractivity contribution in [3.8, 4) is 0 Å². The SMILES string of the molecule is Cc1ccc(C2(O)CCN3CCCC3C2)cn1. The monoisotopic (exact) mass is 232 g/mol. The van der Waals surface area contributed by atoms with Gasteiger partial charge >= 0.3 is 0 Å². The first-order valence-electron chi connectivity index (χ1n) is 6.57. The van der Waals surface area contributed by atoms with Crippen molar-refractivity contribution in [1.29, 1.82) is 0 Å². The van der Waals surface area contributed by atoms with Crippen LogP contribution in [0.3, 0.4) is 0 Å². The molecular weight excluding hydrogens is 212 g/mol. The Hall–Kier alpha value is -0.930. The Balaban J connectivity index is 1.83. The van der Waals surface area contributed by atoms with Crippen LogP contribution < -0.4 is 0 Å². The molecule has 2 unspecified atom stereocenters. The number of nitrogens with zero attached hydrogens (tertiary/aromatic N) is 2. The van der Waals surface area contributed by atoms with Gasteiger partial charge in [-0.3, -0.25) is 4.98 Å². The molecule has 2 aliphatic heterocycles. The zero-order chi connectivity index (χ0) is 11.9. The standard InChI is InChI=1S/C14H20N2O/c1-11-4-5-12(10-15-11)14(17)6-8-16-7-2-3-13(16)9-14/h4-5,10,13,17H,2-3,6-9H2,1H3. The van der Waals surface area contributed by atoms with Gasteiger partial charge in [0.15, 0.2) is 0 Å². The van der Waals surface area contributed by atoms with Gasteiger partial charge in [0.2, 0.25) is 0 Å². The Kier molecular flexibility index (Phi) is 2.68. The molecule has 2 fully saturated rings. The van der Waals surface area contributed by atoms with Crippen LogP contribution in [-0.4, -0.2) is 34.1 Å². The van der Waals surface area contributed by atoms with Gasteiger partial charge in [-0.2, -0.15) is 0 Å². The van der Waals surface area contributed by atoms with Crippen LogP contribution >= 0.6 is 0 Å². The van der Waals surface area contributed by atoms with Crippen LogP contribution in [-0.2, 0) is 5.60 Å². The second kappa shape index (κ2) is 4.07. The van der Waals surface area contributed by atoms with E-state index in [0.29, 0.717) is 6.04 Å². The minimum absolute atomic E-state index is 0.579.